The fourth-order valence-electron chi connectivity index (χ4n) is 2.29. The van der Waals surface area contributed by atoms with Gasteiger partial charge in [-0.2, -0.15) is 0 Å². The number of benzene rings is 1. The van der Waals surface area contributed by atoms with E-state index >= 15 is 0 Å². The highest BCUT2D eigenvalue weighted by molar-refractivity contribution is 6.10. The summed E-state index contributed by atoms with van der Waals surface area (Å²) in [5.41, 5.74) is 8.02. The van der Waals surface area contributed by atoms with Crippen molar-refractivity contribution in [1.29, 1.82) is 5.41 Å². The van der Waals surface area contributed by atoms with E-state index in [-0.39, 0.29) is 19.1 Å². The number of carbonyl (C=O) groups is 1. The molecule has 0 atom stereocenters. The van der Waals surface area contributed by atoms with Gasteiger partial charge < -0.3 is 21.2 Å². The molecule has 7 nitrogen and oxygen atoms in total. The molecule has 0 fully saturated rings. The minimum absolute atomic E-state index is 0.165. The Morgan fingerprint density at radius 3 is 2.75 bits per heavy atom. The van der Waals surface area contributed by atoms with Crippen LogP contribution >= 0.6 is 0 Å². The molecule has 146 valence electrons. The van der Waals surface area contributed by atoms with Crippen molar-refractivity contribution in [2.75, 3.05) is 25.5 Å². The van der Waals surface area contributed by atoms with Crippen LogP contribution in [0.4, 0.5) is 10.2 Å². The smallest absolute Gasteiger partial charge is 0.248 e. The average molecular weight is 383 g/mol. The summed E-state index contributed by atoms with van der Waals surface area (Å²) in [4.78, 5) is 16.2. The van der Waals surface area contributed by atoms with E-state index in [1.165, 1.54) is 19.3 Å². The largest absolute Gasteiger partial charge is 0.492 e. The molecule has 2 rings (SSSR count). The van der Waals surface area contributed by atoms with Crippen LogP contribution in [0.2, 0.25) is 0 Å². The fraction of sp³-hybridized carbons (Fsp3) is 0.150. The number of carbonyl (C=O) groups excluding carboxylic acids is 1. The zero-order valence-electron chi connectivity index (χ0n) is 15.4. The van der Waals surface area contributed by atoms with Crippen molar-refractivity contribution < 1.29 is 14.0 Å². The number of halogens is 1. The van der Waals surface area contributed by atoms with Crippen molar-refractivity contribution >= 4 is 29.5 Å². The number of nitrogens with one attached hydrogen (secondary N) is 2. The molecule has 0 aliphatic heterocycles. The second kappa shape index (κ2) is 10.6. The van der Waals surface area contributed by atoms with Crippen LogP contribution < -0.4 is 15.8 Å². The molecule has 0 unspecified atom stereocenters. The molecule has 2 aromatic rings. The quantitative estimate of drug-likeness (QED) is 0.351. The van der Waals surface area contributed by atoms with Crippen LogP contribution in [-0.4, -0.2) is 42.4 Å². The predicted octanol–water partition coefficient (Wildman–Crippen LogP) is 2.88. The third kappa shape index (κ3) is 6.33. The monoisotopic (exact) mass is 383 g/mol. The lowest BCUT2D eigenvalue weighted by molar-refractivity contribution is -0.111. The number of pyridine rings is 1. The average Bonchev–Trinajstić information content (AvgIpc) is 2.69. The molecule has 1 aromatic heterocycles. The summed E-state index contributed by atoms with van der Waals surface area (Å²) in [6.45, 7) is 0.391. The number of ether oxygens (including phenoxy) is 1. The van der Waals surface area contributed by atoms with Gasteiger partial charge >= 0.3 is 0 Å². The van der Waals surface area contributed by atoms with Gasteiger partial charge in [0.2, 0.25) is 5.91 Å². The molecule has 28 heavy (non-hydrogen) atoms. The lowest BCUT2D eigenvalue weighted by atomic mass is 10.0. The number of amides is 1. The molecule has 0 saturated carbocycles. The Labute approximate surface area is 162 Å². The number of hydrogen-bond donors (Lipinski definition) is 3. The summed E-state index contributed by atoms with van der Waals surface area (Å²) in [5.74, 6) is 0.263. The van der Waals surface area contributed by atoms with Crippen LogP contribution in [0.3, 0.4) is 0 Å². The van der Waals surface area contributed by atoms with E-state index in [9.17, 15) is 9.28 Å². The zero-order chi connectivity index (χ0) is 20.4. The topological polar surface area (TPSA) is 104 Å². The second-order valence-electron chi connectivity index (χ2n) is 5.75. The van der Waals surface area contributed by atoms with E-state index in [2.05, 4.69) is 10.3 Å². The van der Waals surface area contributed by atoms with Crippen LogP contribution in [-0.2, 0) is 4.79 Å². The van der Waals surface area contributed by atoms with Crippen LogP contribution in [0.5, 0.6) is 5.75 Å². The van der Waals surface area contributed by atoms with Crippen LogP contribution in [0.15, 0.2) is 55.0 Å². The van der Waals surface area contributed by atoms with E-state index < -0.39 is 0 Å². The number of aromatic nitrogens is 1. The lowest BCUT2D eigenvalue weighted by Crippen LogP contribution is -2.15. The summed E-state index contributed by atoms with van der Waals surface area (Å²) < 4.78 is 18.0. The van der Waals surface area contributed by atoms with E-state index in [0.29, 0.717) is 33.3 Å². The van der Waals surface area contributed by atoms with Gasteiger partial charge in [-0.3, -0.25) is 9.78 Å². The number of allylic oxidation sites excluding steroid dienone is 1. The van der Waals surface area contributed by atoms with Crippen molar-refractivity contribution in [2.45, 2.75) is 0 Å². The number of nitrogens with zero attached hydrogens (tertiary/aromatic N) is 2. The fourth-order valence-corrected chi connectivity index (χ4v) is 2.29. The van der Waals surface area contributed by atoms with Crippen LogP contribution in [0.25, 0.3) is 11.6 Å². The Balaban J connectivity index is 1.98. The Morgan fingerprint density at radius 1 is 1.36 bits per heavy atom. The predicted molar refractivity (Wildman–Crippen MR) is 109 cm³/mol. The van der Waals surface area contributed by atoms with Crippen LogP contribution in [0, 0.1) is 5.41 Å². The Bertz CT molecular complexity index is 863. The molecule has 0 bridgehead atoms. The highest BCUT2D eigenvalue weighted by atomic mass is 19.2. The molecule has 0 spiro atoms. The van der Waals surface area contributed by atoms with Crippen molar-refractivity contribution in [2.24, 2.45) is 5.73 Å². The van der Waals surface area contributed by atoms with Gasteiger partial charge in [0.15, 0.2) is 0 Å². The van der Waals surface area contributed by atoms with Gasteiger partial charge in [-0.15, -0.1) is 9.60 Å². The van der Waals surface area contributed by atoms with Gasteiger partial charge in [0.05, 0.1) is 6.54 Å². The minimum atomic E-state index is -0.323. The molecule has 4 N–H and O–H groups in total. The number of rotatable bonds is 9. The van der Waals surface area contributed by atoms with Crippen molar-refractivity contribution in [3.05, 3.63) is 66.1 Å². The highest BCUT2D eigenvalue weighted by Crippen LogP contribution is 2.18. The first kappa shape index (κ1) is 20.8. The standard InChI is InChI=1S/C20H22FN5O2/c1-26(21)10-11-28-18-5-3-17(4-6-18)25-20(27)7-2-15-14-24-9-8-19(15)16(12-22)13-23/h2-9,12-14,22H,10-11,23H2,1H3,(H,25,27)/b7-2+,16-13+,22-12?. The molecule has 8 heteroatoms. The van der Waals surface area contributed by atoms with Crippen molar-refractivity contribution in [3.63, 3.8) is 0 Å². The van der Waals surface area contributed by atoms with Crippen molar-refractivity contribution in [3.8, 4) is 5.75 Å². The molecule has 0 aliphatic rings. The summed E-state index contributed by atoms with van der Waals surface area (Å²) in [5, 5.41) is 10.7. The third-order valence-electron chi connectivity index (χ3n) is 3.70. The van der Waals surface area contributed by atoms with E-state index in [1.54, 1.807) is 48.8 Å². The van der Waals surface area contributed by atoms with E-state index in [4.69, 9.17) is 15.9 Å². The van der Waals surface area contributed by atoms with Crippen molar-refractivity contribution in [1.82, 2.24) is 10.1 Å². The Morgan fingerprint density at radius 2 is 2.11 bits per heavy atom. The van der Waals surface area contributed by atoms with E-state index in [1.807, 2.05) is 0 Å². The SMILES string of the molecule is CN(F)CCOc1ccc(NC(=O)/C=C/c2cnccc2/C(C=N)=C/N)cc1. The van der Waals surface area contributed by atoms with Crippen LogP contribution in [0.1, 0.15) is 11.1 Å². The molecule has 1 heterocycles. The summed E-state index contributed by atoms with van der Waals surface area (Å²) in [6, 6.07) is 8.50. The summed E-state index contributed by atoms with van der Waals surface area (Å²) in [7, 11) is 1.32. The Hall–Kier alpha value is -3.52. The van der Waals surface area contributed by atoms with Gasteiger partial charge in [0.1, 0.15) is 12.4 Å². The lowest BCUT2D eigenvalue weighted by Gasteiger charge is -2.09. The Kier molecular flexibility index (Phi) is 7.86. The summed E-state index contributed by atoms with van der Waals surface area (Å²) >= 11 is 0. The molecule has 0 saturated heterocycles. The number of anilines is 1. The van der Waals surface area contributed by atoms with Gasteiger partial charge in [-0.1, -0.05) is 0 Å². The first-order chi connectivity index (χ1) is 13.5. The maximum Gasteiger partial charge on any atom is 0.248 e. The van der Waals surface area contributed by atoms with Gasteiger partial charge in [0.25, 0.3) is 0 Å². The molecule has 0 radical (unpaired) electrons. The normalized spacial score (nSPS) is 11.6. The first-order valence-electron chi connectivity index (χ1n) is 8.49. The molecule has 0 aliphatic carbocycles. The zero-order valence-corrected chi connectivity index (χ0v) is 15.4. The first-order valence-corrected chi connectivity index (χ1v) is 8.49. The van der Waals surface area contributed by atoms with E-state index in [0.717, 1.165) is 6.21 Å². The maximum absolute atomic E-state index is 12.6. The molecular formula is C20H22FN5O2. The van der Waals surface area contributed by atoms with Gasteiger partial charge in [-0.05, 0) is 42.0 Å². The maximum atomic E-state index is 12.6. The number of hydrogen-bond acceptors (Lipinski definition) is 6. The number of likely N-dealkylation sites (N-methyl/N-ethyl adjacent to an activating group) is 1. The number of nitrogens with two attached hydrogens (primary N) is 1. The second-order valence-corrected chi connectivity index (χ2v) is 5.75. The summed E-state index contributed by atoms with van der Waals surface area (Å²) in [6.07, 6.45) is 8.63. The molecule has 1 amide bonds. The van der Waals surface area contributed by atoms with Gasteiger partial charge in [-0.25, -0.2) is 0 Å². The molecule has 1 aromatic carbocycles. The minimum Gasteiger partial charge on any atom is -0.492 e. The highest BCUT2D eigenvalue weighted by Gasteiger charge is 2.05. The van der Waals surface area contributed by atoms with Gasteiger partial charge in [0, 0.05) is 54.8 Å². The third-order valence-corrected chi connectivity index (χ3v) is 3.70. The molecular weight excluding hydrogens is 361 g/mol.